The lowest BCUT2D eigenvalue weighted by molar-refractivity contribution is -0.113. The molecule has 0 atom stereocenters. The molecule has 1 aliphatic carbocycles. The summed E-state index contributed by atoms with van der Waals surface area (Å²) in [6, 6.07) is 19.4. The molecule has 1 aliphatic heterocycles. The predicted octanol–water partition coefficient (Wildman–Crippen LogP) is 4.17. The Labute approximate surface area is 202 Å². The number of thioether (sulfide) groups is 1. The Morgan fingerprint density at radius 2 is 1.76 bits per heavy atom. The Hall–Kier alpha value is -2.62. The molecule has 1 aromatic heterocycles. The molecule has 0 bridgehead atoms. The number of benzene rings is 2. The maximum Gasteiger partial charge on any atom is 0.234 e. The van der Waals surface area contributed by atoms with E-state index in [0.717, 1.165) is 47.9 Å². The van der Waals surface area contributed by atoms with Gasteiger partial charge in [0.1, 0.15) is 0 Å². The molecule has 0 radical (unpaired) electrons. The molecule has 1 saturated carbocycles. The third-order valence-corrected chi connectivity index (χ3v) is 7.76. The summed E-state index contributed by atoms with van der Waals surface area (Å²) in [6.45, 7) is 5.12. The van der Waals surface area contributed by atoms with E-state index in [0.29, 0.717) is 11.8 Å². The molecule has 33 heavy (non-hydrogen) atoms. The standard InChI is InChI=1S/C24H28N6OS2/c31-22(17-32-24-28-27-23(33-24)26-20-6-7-20)25-19-8-10-21(11-9-19)30-14-12-29(13-15-30)16-18-4-2-1-3-5-18/h1-5,8-11,20H,6-7,12-17H2,(H,25,31)(H,26,27). The van der Waals surface area contributed by atoms with Gasteiger partial charge in [0.25, 0.3) is 0 Å². The monoisotopic (exact) mass is 480 g/mol. The van der Waals surface area contributed by atoms with Crippen LogP contribution in [0.25, 0.3) is 0 Å². The fourth-order valence-corrected chi connectivity index (χ4v) is 5.44. The smallest absolute Gasteiger partial charge is 0.234 e. The lowest BCUT2D eigenvalue weighted by Crippen LogP contribution is -2.45. The van der Waals surface area contributed by atoms with Crippen molar-refractivity contribution in [2.45, 2.75) is 29.8 Å². The van der Waals surface area contributed by atoms with Crippen LogP contribution in [-0.4, -0.2) is 59.0 Å². The minimum Gasteiger partial charge on any atom is -0.369 e. The lowest BCUT2D eigenvalue weighted by Gasteiger charge is -2.36. The van der Waals surface area contributed by atoms with Crippen molar-refractivity contribution in [3.8, 4) is 0 Å². The molecular weight excluding hydrogens is 452 g/mol. The molecule has 2 N–H and O–H groups in total. The summed E-state index contributed by atoms with van der Waals surface area (Å²) in [6.07, 6.45) is 2.40. The second-order valence-electron chi connectivity index (χ2n) is 8.42. The van der Waals surface area contributed by atoms with Crippen molar-refractivity contribution in [1.82, 2.24) is 15.1 Å². The molecule has 2 aromatic carbocycles. The predicted molar refractivity (Wildman–Crippen MR) is 136 cm³/mol. The minimum atomic E-state index is -0.0332. The maximum absolute atomic E-state index is 12.3. The van der Waals surface area contributed by atoms with Crippen LogP contribution in [0.15, 0.2) is 58.9 Å². The zero-order valence-corrected chi connectivity index (χ0v) is 20.1. The van der Waals surface area contributed by atoms with Gasteiger partial charge in [-0.05, 0) is 42.7 Å². The summed E-state index contributed by atoms with van der Waals surface area (Å²) in [5.41, 5.74) is 3.39. The number of piperazine rings is 1. The molecule has 0 unspecified atom stereocenters. The average molecular weight is 481 g/mol. The number of carbonyl (C=O) groups excluding carboxylic acids is 1. The summed E-state index contributed by atoms with van der Waals surface area (Å²) in [4.78, 5) is 17.3. The summed E-state index contributed by atoms with van der Waals surface area (Å²) in [5, 5.41) is 15.4. The highest BCUT2D eigenvalue weighted by molar-refractivity contribution is 8.01. The molecule has 5 rings (SSSR count). The van der Waals surface area contributed by atoms with Gasteiger partial charge in [0, 0.05) is 50.1 Å². The van der Waals surface area contributed by atoms with E-state index in [4.69, 9.17) is 0 Å². The first kappa shape index (κ1) is 22.2. The van der Waals surface area contributed by atoms with Gasteiger partial charge in [0.2, 0.25) is 11.0 Å². The fourth-order valence-electron chi connectivity index (χ4n) is 3.81. The van der Waals surface area contributed by atoms with Gasteiger partial charge in [0.05, 0.1) is 5.75 Å². The molecule has 172 valence electrons. The Morgan fingerprint density at radius 1 is 1.00 bits per heavy atom. The molecule has 1 saturated heterocycles. The van der Waals surface area contributed by atoms with Gasteiger partial charge in [-0.1, -0.05) is 53.4 Å². The van der Waals surface area contributed by atoms with Crippen molar-refractivity contribution >= 4 is 45.5 Å². The van der Waals surface area contributed by atoms with E-state index in [-0.39, 0.29) is 5.91 Å². The summed E-state index contributed by atoms with van der Waals surface area (Å²) < 4.78 is 0.815. The molecular formula is C24H28N6OS2. The topological polar surface area (TPSA) is 73.4 Å². The van der Waals surface area contributed by atoms with Gasteiger partial charge < -0.3 is 15.5 Å². The summed E-state index contributed by atoms with van der Waals surface area (Å²) in [5.74, 6) is 0.289. The second kappa shape index (κ2) is 10.5. The van der Waals surface area contributed by atoms with Crippen LogP contribution in [0.2, 0.25) is 0 Å². The van der Waals surface area contributed by atoms with E-state index in [1.807, 2.05) is 12.1 Å². The van der Waals surface area contributed by atoms with Crippen molar-refractivity contribution < 1.29 is 4.79 Å². The van der Waals surface area contributed by atoms with Gasteiger partial charge in [-0.2, -0.15) is 0 Å². The van der Waals surface area contributed by atoms with Crippen LogP contribution in [0.5, 0.6) is 0 Å². The van der Waals surface area contributed by atoms with Crippen LogP contribution in [0.1, 0.15) is 18.4 Å². The Kier molecular flexibility index (Phi) is 7.09. The highest BCUT2D eigenvalue weighted by Gasteiger charge is 2.22. The van der Waals surface area contributed by atoms with Crippen molar-refractivity contribution in [3.05, 3.63) is 60.2 Å². The third-order valence-electron chi connectivity index (χ3n) is 5.78. The van der Waals surface area contributed by atoms with E-state index in [1.165, 1.54) is 47.2 Å². The van der Waals surface area contributed by atoms with Crippen LogP contribution < -0.4 is 15.5 Å². The number of amides is 1. The van der Waals surface area contributed by atoms with E-state index >= 15 is 0 Å². The van der Waals surface area contributed by atoms with Gasteiger partial charge in [-0.25, -0.2) is 0 Å². The number of anilines is 3. The summed E-state index contributed by atoms with van der Waals surface area (Å²) in [7, 11) is 0. The maximum atomic E-state index is 12.3. The molecule has 2 heterocycles. The average Bonchev–Trinajstić information content (AvgIpc) is 3.55. The van der Waals surface area contributed by atoms with Crippen molar-refractivity contribution in [2.24, 2.45) is 0 Å². The zero-order chi connectivity index (χ0) is 22.5. The number of nitrogens with one attached hydrogen (secondary N) is 2. The molecule has 2 fully saturated rings. The Morgan fingerprint density at radius 3 is 2.48 bits per heavy atom. The third kappa shape index (κ3) is 6.46. The van der Waals surface area contributed by atoms with E-state index in [2.05, 4.69) is 73.1 Å². The van der Waals surface area contributed by atoms with Crippen LogP contribution in [0.3, 0.4) is 0 Å². The molecule has 2 aliphatic rings. The van der Waals surface area contributed by atoms with Crippen molar-refractivity contribution in [2.75, 3.05) is 47.5 Å². The normalized spacial score (nSPS) is 16.5. The number of aromatic nitrogens is 2. The molecule has 0 spiro atoms. The van der Waals surface area contributed by atoms with E-state index in [9.17, 15) is 4.79 Å². The number of rotatable bonds is 9. The van der Waals surface area contributed by atoms with Crippen LogP contribution in [-0.2, 0) is 11.3 Å². The lowest BCUT2D eigenvalue weighted by atomic mass is 10.2. The van der Waals surface area contributed by atoms with Crippen LogP contribution in [0.4, 0.5) is 16.5 Å². The number of nitrogens with zero attached hydrogens (tertiary/aromatic N) is 4. The first-order valence-electron chi connectivity index (χ1n) is 11.4. The zero-order valence-electron chi connectivity index (χ0n) is 18.4. The van der Waals surface area contributed by atoms with Gasteiger partial charge in [-0.3, -0.25) is 9.69 Å². The fraction of sp³-hybridized carbons (Fsp3) is 0.375. The largest absolute Gasteiger partial charge is 0.369 e. The van der Waals surface area contributed by atoms with Gasteiger partial charge >= 0.3 is 0 Å². The van der Waals surface area contributed by atoms with Crippen molar-refractivity contribution in [1.29, 1.82) is 0 Å². The first-order chi connectivity index (χ1) is 16.2. The molecule has 9 heteroatoms. The second-order valence-corrected chi connectivity index (χ2v) is 10.6. The summed E-state index contributed by atoms with van der Waals surface area (Å²) >= 11 is 2.93. The van der Waals surface area contributed by atoms with Crippen LogP contribution in [0, 0.1) is 0 Å². The SMILES string of the molecule is O=C(CSc1nnc(NC2CC2)s1)Nc1ccc(N2CCN(Cc3ccccc3)CC2)cc1. The van der Waals surface area contributed by atoms with Crippen molar-refractivity contribution in [3.63, 3.8) is 0 Å². The highest BCUT2D eigenvalue weighted by Crippen LogP contribution is 2.30. The molecule has 7 nitrogen and oxygen atoms in total. The van der Waals surface area contributed by atoms with Gasteiger partial charge in [-0.15, -0.1) is 10.2 Å². The van der Waals surface area contributed by atoms with Crippen LogP contribution >= 0.6 is 23.1 Å². The quantitative estimate of drug-likeness (QED) is 0.446. The minimum absolute atomic E-state index is 0.0332. The number of hydrogen-bond acceptors (Lipinski definition) is 8. The Balaban J connectivity index is 1.05. The number of hydrogen-bond donors (Lipinski definition) is 2. The Bertz CT molecular complexity index is 1050. The van der Waals surface area contributed by atoms with Gasteiger partial charge in [0.15, 0.2) is 4.34 Å². The first-order valence-corrected chi connectivity index (χ1v) is 13.2. The van der Waals surface area contributed by atoms with E-state index in [1.54, 1.807) is 0 Å². The molecule has 1 amide bonds. The van der Waals surface area contributed by atoms with E-state index < -0.39 is 0 Å². The number of carbonyl (C=O) groups is 1. The molecule has 3 aromatic rings. The highest BCUT2D eigenvalue weighted by atomic mass is 32.2.